The van der Waals surface area contributed by atoms with Crippen molar-refractivity contribution in [1.29, 1.82) is 0 Å². The van der Waals surface area contributed by atoms with E-state index in [-0.39, 0.29) is 23.9 Å². The van der Waals surface area contributed by atoms with Crippen molar-refractivity contribution in [2.75, 3.05) is 27.2 Å². The lowest BCUT2D eigenvalue weighted by atomic mass is 10.2. The largest absolute Gasteiger partial charge is 0.347 e. The van der Waals surface area contributed by atoms with E-state index in [1.165, 1.54) is 4.90 Å². The van der Waals surface area contributed by atoms with E-state index in [1.807, 2.05) is 0 Å². The summed E-state index contributed by atoms with van der Waals surface area (Å²) in [7, 11) is 3.43. The van der Waals surface area contributed by atoms with Crippen molar-refractivity contribution in [3.63, 3.8) is 0 Å². The van der Waals surface area contributed by atoms with Crippen molar-refractivity contribution in [1.82, 2.24) is 15.1 Å². The summed E-state index contributed by atoms with van der Waals surface area (Å²) in [6, 6.07) is -0.460. The van der Waals surface area contributed by atoms with Gasteiger partial charge in [-0.2, -0.15) is 0 Å². The number of nitrogens with zero attached hydrogens (tertiary/aromatic N) is 2. The molecular weight excluding hydrogens is 218 g/mol. The van der Waals surface area contributed by atoms with Gasteiger partial charge in [0.1, 0.15) is 6.04 Å². The van der Waals surface area contributed by atoms with Gasteiger partial charge < -0.3 is 15.1 Å². The first-order valence-corrected chi connectivity index (χ1v) is 6.24. The van der Waals surface area contributed by atoms with Crippen LogP contribution in [0.4, 0.5) is 0 Å². The van der Waals surface area contributed by atoms with Gasteiger partial charge in [-0.05, 0) is 26.3 Å². The van der Waals surface area contributed by atoms with Gasteiger partial charge in [0.15, 0.2) is 0 Å². The minimum absolute atomic E-state index is 0.0190. The molecule has 0 aliphatic carbocycles. The molecule has 5 nitrogen and oxygen atoms in total. The van der Waals surface area contributed by atoms with Crippen LogP contribution in [-0.2, 0) is 9.59 Å². The Labute approximate surface area is 103 Å². The molecular formula is C12H23N3O2. The van der Waals surface area contributed by atoms with E-state index >= 15 is 0 Å². The van der Waals surface area contributed by atoms with Gasteiger partial charge in [-0.15, -0.1) is 0 Å². The SMILES string of the molecule is CCCNC1CCN(C(C)C(=O)N(C)C)C1=O. The number of hydrogen-bond donors (Lipinski definition) is 1. The summed E-state index contributed by atoms with van der Waals surface area (Å²) < 4.78 is 0. The highest BCUT2D eigenvalue weighted by atomic mass is 16.2. The Kier molecular flexibility index (Phi) is 4.93. The standard InChI is InChI=1S/C12H23N3O2/c1-5-7-13-10-6-8-15(12(10)17)9(2)11(16)14(3)4/h9-10,13H,5-8H2,1-4H3. The molecule has 17 heavy (non-hydrogen) atoms. The maximum Gasteiger partial charge on any atom is 0.244 e. The van der Waals surface area contributed by atoms with E-state index in [9.17, 15) is 9.59 Å². The Morgan fingerprint density at radius 1 is 1.59 bits per heavy atom. The summed E-state index contributed by atoms with van der Waals surface area (Å²) in [4.78, 5) is 27.1. The highest BCUT2D eigenvalue weighted by Crippen LogP contribution is 2.15. The molecule has 98 valence electrons. The molecule has 0 aromatic rings. The topological polar surface area (TPSA) is 52.7 Å². The monoisotopic (exact) mass is 241 g/mol. The maximum absolute atomic E-state index is 12.1. The molecule has 1 fully saturated rings. The molecule has 1 rings (SSSR count). The van der Waals surface area contributed by atoms with E-state index in [4.69, 9.17) is 0 Å². The van der Waals surface area contributed by atoms with Crippen LogP contribution in [0.3, 0.4) is 0 Å². The summed E-state index contributed by atoms with van der Waals surface area (Å²) in [5.74, 6) is 0.0376. The number of carbonyl (C=O) groups is 2. The number of nitrogens with one attached hydrogen (secondary N) is 1. The molecule has 1 aliphatic rings. The summed E-state index contributed by atoms with van der Waals surface area (Å²) in [6.45, 7) is 5.38. The Morgan fingerprint density at radius 3 is 2.76 bits per heavy atom. The molecule has 1 N–H and O–H groups in total. The van der Waals surface area contributed by atoms with E-state index in [2.05, 4.69) is 12.2 Å². The second-order valence-electron chi connectivity index (χ2n) is 4.74. The molecule has 1 heterocycles. The van der Waals surface area contributed by atoms with E-state index in [1.54, 1.807) is 25.9 Å². The van der Waals surface area contributed by atoms with Crippen LogP contribution in [0.1, 0.15) is 26.7 Å². The molecule has 2 atom stereocenters. The van der Waals surface area contributed by atoms with Crippen molar-refractivity contribution in [3.05, 3.63) is 0 Å². The Morgan fingerprint density at radius 2 is 2.24 bits per heavy atom. The quantitative estimate of drug-likeness (QED) is 0.741. The van der Waals surface area contributed by atoms with Crippen LogP contribution in [0.15, 0.2) is 0 Å². The third-order valence-corrected chi connectivity index (χ3v) is 3.15. The van der Waals surface area contributed by atoms with Crippen molar-refractivity contribution < 1.29 is 9.59 Å². The summed E-state index contributed by atoms with van der Waals surface area (Å²) in [5, 5.41) is 3.22. The van der Waals surface area contributed by atoms with Gasteiger partial charge in [0.25, 0.3) is 0 Å². The molecule has 2 amide bonds. The average Bonchev–Trinajstić information content (AvgIpc) is 2.66. The molecule has 1 aliphatic heterocycles. The normalized spacial score (nSPS) is 21.8. The maximum atomic E-state index is 12.1. The third kappa shape index (κ3) is 3.19. The molecule has 2 unspecified atom stereocenters. The van der Waals surface area contributed by atoms with Crippen LogP contribution in [0, 0.1) is 0 Å². The lowest BCUT2D eigenvalue weighted by Gasteiger charge is -2.26. The zero-order valence-corrected chi connectivity index (χ0v) is 11.2. The third-order valence-electron chi connectivity index (χ3n) is 3.15. The van der Waals surface area contributed by atoms with Crippen molar-refractivity contribution >= 4 is 11.8 Å². The number of likely N-dealkylation sites (tertiary alicyclic amines) is 1. The lowest BCUT2D eigenvalue weighted by Crippen LogP contribution is -2.48. The predicted molar refractivity (Wildman–Crippen MR) is 66.6 cm³/mol. The Bertz CT molecular complexity index is 291. The van der Waals surface area contributed by atoms with E-state index < -0.39 is 0 Å². The minimum atomic E-state index is -0.356. The first-order chi connectivity index (χ1) is 7.99. The van der Waals surface area contributed by atoms with Crippen LogP contribution in [0.2, 0.25) is 0 Å². The summed E-state index contributed by atoms with van der Waals surface area (Å²) >= 11 is 0. The molecule has 0 spiro atoms. The van der Waals surface area contributed by atoms with Crippen molar-refractivity contribution in [2.24, 2.45) is 0 Å². The highest BCUT2D eigenvalue weighted by molar-refractivity contribution is 5.90. The summed E-state index contributed by atoms with van der Waals surface area (Å²) in [5.41, 5.74) is 0. The predicted octanol–water partition coefficient (Wildman–Crippen LogP) is 0.0636. The van der Waals surface area contributed by atoms with Gasteiger partial charge in [-0.1, -0.05) is 6.92 Å². The average molecular weight is 241 g/mol. The molecule has 5 heteroatoms. The first kappa shape index (κ1) is 14.0. The number of carbonyl (C=O) groups excluding carboxylic acids is 2. The number of hydrogen-bond acceptors (Lipinski definition) is 3. The van der Waals surface area contributed by atoms with E-state index in [0.29, 0.717) is 6.54 Å². The number of rotatable bonds is 5. The molecule has 0 aromatic heterocycles. The first-order valence-electron chi connectivity index (χ1n) is 6.24. The van der Waals surface area contributed by atoms with Crippen LogP contribution >= 0.6 is 0 Å². The zero-order valence-electron chi connectivity index (χ0n) is 11.2. The van der Waals surface area contributed by atoms with E-state index in [0.717, 1.165) is 19.4 Å². The van der Waals surface area contributed by atoms with Gasteiger partial charge in [0, 0.05) is 20.6 Å². The molecule has 0 radical (unpaired) electrons. The van der Waals surface area contributed by atoms with Crippen LogP contribution in [0.25, 0.3) is 0 Å². The highest BCUT2D eigenvalue weighted by Gasteiger charge is 2.36. The van der Waals surface area contributed by atoms with Gasteiger partial charge in [0.2, 0.25) is 11.8 Å². The zero-order chi connectivity index (χ0) is 13.0. The molecule has 0 aromatic carbocycles. The second kappa shape index (κ2) is 6.00. The Balaban J connectivity index is 2.57. The van der Waals surface area contributed by atoms with Gasteiger partial charge >= 0.3 is 0 Å². The fourth-order valence-corrected chi connectivity index (χ4v) is 2.10. The van der Waals surface area contributed by atoms with Gasteiger partial charge in [-0.3, -0.25) is 9.59 Å². The fourth-order valence-electron chi connectivity index (χ4n) is 2.10. The van der Waals surface area contributed by atoms with Crippen molar-refractivity contribution in [3.8, 4) is 0 Å². The summed E-state index contributed by atoms with van der Waals surface area (Å²) in [6.07, 6.45) is 1.81. The molecule has 0 saturated carbocycles. The minimum Gasteiger partial charge on any atom is -0.347 e. The fraction of sp³-hybridized carbons (Fsp3) is 0.833. The molecule has 0 bridgehead atoms. The van der Waals surface area contributed by atoms with Gasteiger partial charge in [-0.25, -0.2) is 0 Å². The van der Waals surface area contributed by atoms with Gasteiger partial charge in [0.05, 0.1) is 6.04 Å². The number of amides is 2. The second-order valence-corrected chi connectivity index (χ2v) is 4.74. The number of likely N-dealkylation sites (N-methyl/N-ethyl adjacent to an activating group) is 1. The van der Waals surface area contributed by atoms with Crippen LogP contribution in [-0.4, -0.2) is 60.9 Å². The van der Waals surface area contributed by atoms with Crippen LogP contribution in [0.5, 0.6) is 0 Å². The lowest BCUT2D eigenvalue weighted by molar-refractivity contribution is -0.141. The smallest absolute Gasteiger partial charge is 0.244 e. The van der Waals surface area contributed by atoms with Crippen molar-refractivity contribution in [2.45, 2.75) is 38.8 Å². The van der Waals surface area contributed by atoms with Crippen LogP contribution < -0.4 is 5.32 Å². The Hall–Kier alpha value is -1.10. The molecule has 1 saturated heterocycles.